The minimum Gasteiger partial charge on any atom is -0.327 e. The predicted octanol–water partition coefficient (Wildman–Crippen LogP) is 3.61. The summed E-state index contributed by atoms with van der Waals surface area (Å²) in [6, 6.07) is 10.5. The molecule has 0 spiro atoms. The highest BCUT2D eigenvalue weighted by Gasteiger charge is 2.16. The van der Waals surface area contributed by atoms with Crippen LogP contribution in [0.25, 0.3) is 6.08 Å². The van der Waals surface area contributed by atoms with E-state index in [1.54, 1.807) is 0 Å². The molecule has 86 valence electrons. The lowest BCUT2D eigenvalue weighted by Gasteiger charge is -2.23. The van der Waals surface area contributed by atoms with Gasteiger partial charge in [-0.25, -0.2) is 0 Å². The van der Waals surface area contributed by atoms with Crippen LogP contribution in [0.2, 0.25) is 0 Å². The minimum absolute atomic E-state index is 0.708. The molecule has 0 amide bonds. The normalized spacial score (nSPS) is 18.7. The standard InChI is InChI=1S/C15H21N/c16-12-15(14-9-5-2-6-10-14)11-13-7-3-1-4-8-13/h1,3-4,7-8,11,14H,2,5-6,9-10,12,16H2. The summed E-state index contributed by atoms with van der Waals surface area (Å²) in [6.07, 6.45) is 9.09. The van der Waals surface area contributed by atoms with Crippen molar-refractivity contribution in [3.63, 3.8) is 0 Å². The van der Waals surface area contributed by atoms with E-state index in [1.165, 1.54) is 43.2 Å². The van der Waals surface area contributed by atoms with Crippen LogP contribution in [0.15, 0.2) is 35.9 Å². The Labute approximate surface area is 98.4 Å². The Hall–Kier alpha value is -1.08. The van der Waals surface area contributed by atoms with Crippen LogP contribution in [0.4, 0.5) is 0 Å². The van der Waals surface area contributed by atoms with E-state index in [0.29, 0.717) is 6.54 Å². The van der Waals surface area contributed by atoms with E-state index in [0.717, 1.165) is 5.92 Å². The minimum atomic E-state index is 0.708. The maximum Gasteiger partial charge on any atom is 0.0142 e. The predicted molar refractivity (Wildman–Crippen MR) is 70.0 cm³/mol. The van der Waals surface area contributed by atoms with Gasteiger partial charge in [-0.3, -0.25) is 0 Å². The van der Waals surface area contributed by atoms with Crippen LogP contribution in [-0.4, -0.2) is 6.54 Å². The van der Waals surface area contributed by atoms with Crippen LogP contribution in [0.5, 0.6) is 0 Å². The van der Waals surface area contributed by atoms with E-state index in [-0.39, 0.29) is 0 Å². The van der Waals surface area contributed by atoms with Gasteiger partial charge in [0.05, 0.1) is 0 Å². The van der Waals surface area contributed by atoms with Crippen LogP contribution in [0.3, 0.4) is 0 Å². The fourth-order valence-electron chi connectivity index (χ4n) is 2.58. The van der Waals surface area contributed by atoms with Crippen molar-refractivity contribution in [3.05, 3.63) is 41.5 Å². The quantitative estimate of drug-likeness (QED) is 0.819. The largest absolute Gasteiger partial charge is 0.327 e. The molecule has 0 radical (unpaired) electrons. The second-order valence-electron chi connectivity index (χ2n) is 4.67. The average Bonchev–Trinajstić information content (AvgIpc) is 2.38. The van der Waals surface area contributed by atoms with Crippen LogP contribution in [-0.2, 0) is 0 Å². The third kappa shape index (κ3) is 2.96. The number of hydrogen-bond donors (Lipinski definition) is 1. The van der Waals surface area contributed by atoms with Gasteiger partial charge in [0, 0.05) is 6.54 Å². The van der Waals surface area contributed by atoms with Gasteiger partial charge in [-0.2, -0.15) is 0 Å². The van der Waals surface area contributed by atoms with Crippen LogP contribution >= 0.6 is 0 Å². The fraction of sp³-hybridized carbons (Fsp3) is 0.467. The topological polar surface area (TPSA) is 26.0 Å². The highest BCUT2D eigenvalue weighted by atomic mass is 14.5. The van der Waals surface area contributed by atoms with Crippen molar-refractivity contribution < 1.29 is 0 Å². The number of benzene rings is 1. The summed E-state index contributed by atoms with van der Waals surface area (Å²) < 4.78 is 0. The molecule has 0 atom stereocenters. The molecular formula is C15H21N. The molecule has 0 heterocycles. The monoisotopic (exact) mass is 215 g/mol. The average molecular weight is 215 g/mol. The fourth-order valence-corrected chi connectivity index (χ4v) is 2.58. The van der Waals surface area contributed by atoms with E-state index < -0.39 is 0 Å². The molecule has 16 heavy (non-hydrogen) atoms. The molecule has 1 fully saturated rings. The van der Waals surface area contributed by atoms with Gasteiger partial charge in [0.15, 0.2) is 0 Å². The van der Waals surface area contributed by atoms with Gasteiger partial charge < -0.3 is 5.73 Å². The van der Waals surface area contributed by atoms with Crippen LogP contribution in [0, 0.1) is 5.92 Å². The lowest BCUT2D eigenvalue weighted by Crippen LogP contribution is -2.16. The summed E-state index contributed by atoms with van der Waals surface area (Å²) in [5, 5.41) is 0. The molecule has 1 aromatic carbocycles. The molecule has 1 aromatic rings. The van der Waals surface area contributed by atoms with Crippen molar-refractivity contribution >= 4 is 6.08 Å². The Morgan fingerprint density at radius 2 is 1.81 bits per heavy atom. The Morgan fingerprint density at radius 1 is 1.12 bits per heavy atom. The Kier molecular flexibility index (Phi) is 4.17. The molecule has 0 saturated heterocycles. The molecule has 0 unspecified atom stereocenters. The molecule has 2 N–H and O–H groups in total. The summed E-state index contributed by atoms with van der Waals surface area (Å²) in [5.41, 5.74) is 8.60. The summed E-state index contributed by atoms with van der Waals surface area (Å²) in [7, 11) is 0. The zero-order valence-electron chi connectivity index (χ0n) is 9.86. The third-order valence-electron chi connectivity index (χ3n) is 3.52. The van der Waals surface area contributed by atoms with E-state index in [4.69, 9.17) is 5.73 Å². The third-order valence-corrected chi connectivity index (χ3v) is 3.52. The van der Waals surface area contributed by atoms with E-state index >= 15 is 0 Å². The molecule has 0 aromatic heterocycles. The molecule has 2 rings (SSSR count). The maximum absolute atomic E-state index is 5.88. The molecule has 1 saturated carbocycles. The first-order valence-corrected chi connectivity index (χ1v) is 6.36. The van der Waals surface area contributed by atoms with Gasteiger partial charge in [-0.1, -0.05) is 61.2 Å². The number of hydrogen-bond acceptors (Lipinski definition) is 1. The Morgan fingerprint density at radius 3 is 2.44 bits per heavy atom. The Bertz CT molecular complexity index is 334. The van der Waals surface area contributed by atoms with Crippen molar-refractivity contribution in [1.29, 1.82) is 0 Å². The second kappa shape index (κ2) is 5.86. The highest BCUT2D eigenvalue weighted by molar-refractivity contribution is 5.53. The zero-order chi connectivity index (χ0) is 11.2. The first kappa shape index (κ1) is 11.4. The first-order valence-electron chi connectivity index (χ1n) is 6.36. The summed E-state index contributed by atoms with van der Waals surface area (Å²) in [4.78, 5) is 0. The van der Waals surface area contributed by atoms with Crippen molar-refractivity contribution in [3.8, 4) is 0 Å². The second-order valence-corrected chi connectivity index (χ2v) is 4.67. The van der Waals surface area contributed by atoms with Gasteiger partial charge in [-0.15, -0.1) is 0 Å². The van der Waals surface area contributed by atoms with Crippen molar-refractivity contribution in [2.24, 2.45) is 11.7 Å². The van der Waals surface area contributed by atoms with Crippen LogP contribution in [0.1, 0.15) is 37.7 Å². The molecule has 1 aliphatic rings. The van der Waals surface area contributed by atoms with Crippen molar-refractivity contribution in [1.82, 2.24) is 0 Å². The van der Waals surface area contributed by atoms with Crippen molar-refractivity contribution in [2.45, 2.75) is 32.1 Å². The van der Waals surface area contributed by atoms with Gasteiger partial charge in [0.2, 0.25) is 0 Å². The smallest absolute Gasteiger partial charge is 0.0142 e. The molecule has 1 heteroatoms. The van der Waals surface area contributed by atoms with E-state index in [1.807, 2.05) is 0 Å². The maximum atomic E-state index is 5.88. The SMILES string of the molecule is NCC(=Cc1ccccc1)C1CCCCC1. The Balaban J connectivity index is 2.12. The number of rotatable bonds is 3. The molecule has 1 aliphatic carbocycles. The van der Waals surface area contributed by atoms with Gasteiger partial charge in [0.25, 0.3) is 0 Å². The lowest BCUT2D eigenvalue weighted by atomic mass is 9.83. The molecular weight excluding hydrogens is 194 g/mol. The van der Waals surface area contributed by atoms with Crippen molar-refractivity contribution in [2.75, 3.05) is 6.54 Å². The van der Waals surface area contributed by atoms with Gasteiger partial charge >= 0.3 is 0 Å². The summed E-state index contributed by atoms with van der Waals surface area (Å²) in [6.45, 7) is 0.708. The zero-order valence-corrected chi connectivity index (χ0v) is 9.86. The van der Waals surface area contributed by atoms with Crippen LogP contribution < -0.4 is 5.73 Å². The van der Waals surface area contributed by atoms with E-state index in [2.05, 4.69) is 36.4 Å². The molecule has 0 aliphatic heterocycles. The lowest BCUT2D eigenvalue weighted by molar-refractivity contribution is 0.401. The molecule has 1 nitrogen and oxygen atoms in total. The summed E-state index contributed by atoms with van der Waals surface area (Å²) >= 11 is 0. The number of nitrogens with two attached hydrogens (primary N) is 1. The van der Waals surface area contributed by atoms with E-state index in [9.17, 15) is 0 Å². The molecule has 0 bridgehead atoms. The van der Waals surface area contributed by atoms with Gasteiger partial charge in [-0.05, 0) is 24.3 Å². The van der Waals surface area contributed by atoms with Gasteiger partial charge in [0.1, 0.15) is 0 Å². The highest BCUT2D eigenvalue weighted by Crippen LogP contribution is 2.30. The summed E-state index contributed by atoms with van der Waals surface area (Å²) in [5.74, 6) is 0.735. The first-order chi connectivity index (χ1) is 7.90.